The van der Waals surface area contributed by atoms with E-state index in [0.717, 1.165) is 18.4 Å². The average molecular weight is 154 g/mol. The summed E-state index contributed by atoms with van der Waals surface area (Å²) in [5.74, 6) is -0.207. The predicted molar refractivity (Wildman–Crippen MR) is 42.2 cm³/mol. The molecule has 0 N–H and O–H groups in total. The van der Waals surface area contributed by atoms with Gasteiger partial charge in [0.15, 0.2) is 5.79 Å². The highest BCUT2D eigenvalue weighted by molar-refractivity contribution is 4.99. The molecule has 1 spiro atoms. The van der Waals surface area contributed by atoms with Crippen molar-refractivity contribution < 1.29 is 9.47 Å². The van der Waals surface area contributed by atoms with Gasteiger partial charge < -0.3 is 9.47 Å². The molecule has 1 heterocycles. The van der Waals surface area contributed by atoms with Crippen LogP contribution in [0.5, 0.6) is 0 Å². The first-order valence-electron chi connectivity index (χ1n) is 4.25. The Bertz CT molecular complexity index is 156. The monoisotopic (exact) mass is 154 g/mol. The average Bonchev–Trinajstić information content (AvgIpc) is 2.45. The van der Waals surface area contributed by atoms with Crippen molar-refractivity contribution in [1.82, 2.24) is 0 Å². The van der Waals surface area contributed by atoms with E-state index in [1.54, 1.807) is 0 Å². The molecule has 62 valence electrons. The zero-order valence-corrected chi connectivity index (χ0v) is 6.77. The van der Waals surface area contributed by atoms with E-state index in [1.807, 2.05) is 0 Å². The minimum Gasteiger partial charge on any atom is -0.346 e. The van der Waals surface area contributed by atoms with Crippen LogP contribution in [0.15, 0.2) is 12.2 Å². The molecule has 2 rings (SSSR count). The number of hydrogen-bond donors (Lipinski definition) is 0. The van der Waals surface area contributed by atoms with E-state index in [1.165, 1.54) is 12.8 Å². The van der Waals surface area contributed by atoms with Crippen LogP contribution >= 0.6 is 0 Å². The van der Waals surface area contributed by atoms with Crippen LogP contribution in [0.3, 0.4) is 0 Å². The van der Waals surface area contributed by atoms with Crippen LogP contribution in [-0.2, 0) is 9.47 Å². The van der Waals surface area contributed by atoms with Crippen molar-refractivity contribution in [2.24, 2.45) is 0 Å². The van der Waals surface area contributed by atoms with Crippen LogP contribution in [-0.4, -0.2) is 19.0 Å². The molecule has 0 aromatic carbocycles. The molecule has 1 aliphatic heterocycles. The molecule has 0 amide bonds. The summed E-state index contributed by atoms with van der Waals surface area (Å²) in [6.07, 6.45) is 4.62. The van der Waals surface area contributed by atoms with Gasteiger partial charge in [-0.1, -0.05) is 6.58 Å². The molecule has 1 saturated heterocycles. The van der Waals surface area contributed by atoms with Crippen LogP contribution in [0.2, 0.25) is 0 Å². The van der Waals surface area contributed by atoms with E-state index < -0.39 is 0 Å². The Morgan fingerprint density at radius 1 is 1.09 bits per heavy atom. The highest BCUT2D eigenvalue weighted by atomic mass is 16.7. The fourth-order valence-corrected chi connectivity index (χ4v) is 1.75. The summed E-state index contributed by atoms with van der Waals surface area (Å²) >= 11 is 0. The maximum absolute atomic E-state index is 5.62. The van der Waals surface area contributed by atoms with Crippen molar-refractivity contribution in [2.75, 3.05) is 13.2 Å². The molecule has 1 aliphatic carbocycles. The predicted octanol–water partition coefficient (Wildman–Crippen LogP) is 1.86. The Balaban J connectivity index is 1.99. The van der Waals surface area contributed by atoms with Crippen molar-refractivity contribution in [1.29, 1.82) is 0 Å². The lowest BCUT2D eigenvalue weighted by Crippen LogP contribution is -2.38. The topological polar surface area (TPSA) is 18.5 Å². The zero-order chi connectivity index (χ0) is 7.73. The fourth-order valence-electron chi connectivity index (χ4n) is 1.75. The summed E-state index contributed by atoms with van der Waals surface area (Å²) in [5, 5.41) is 0. The second kappa shape index (κ2) is 2.61. The van der Waals surface area contributed by atoms with Crippen molar-refractivity contribution in [3.63, 3.8) is 0 Å². The van der Waals surface area contributed by atoms with Crippen LogP contribution < -0.4 is 0 Å². The van der Waals surface area contributed by atoms with E-state index >= 15 is 0 Å². The lowest BCUT2D eigenvalue weighted by atomic mass is 10.2. The van der Waals surface area contributed by atoms with Gasteiger partial charge in [0.2, 0.25) is 0 Å². The zero-order valence-electron chi connectivity index (χ0n) is 6.77. The third-order valence-electron chi connectivity index (χ3n) is 2.44. The number of ether oxygens (including phenoxy) is 2. The first-order chi connectivity index (χ1) is 5.31. The molecule has 2 heteroatoms. The second-order valence-electron chi connectivity index (χ2n) is 3.45. The van der Waals surface area contributed by atoms with E-state index in [2.05, 4.69) is 6.58 Å². The molecule has 0 atom stereocenters. The smallest absolute Gasteiger partial charge is 0.169 e. The minimum absolute atomic E-state index is 0.207. The van der Waals surface area contributed by atoms with Gasteiger partial charge in [-0.15, -0.1) is 0 Å². The van der Waals surface area contributed by atoms with Crippen LogP contribution in [0.4, 0.5) is 0 Å². The summed E-state index contributed by atoms with van der Waals surface area (Å²) in [7, 11) is 0. The molecule has 0 aromatic heterocycles. The van der Waals surface area contributed by atoms with Gasteiger partial charge in [0.25, 0.3) is 0 Å². The van der Waals surface area contributed by atoms with Crippen molar-refractivity contribution in [2.45, 2.75) is 31.5 Å². The first kappa shape index (κ1) is 7.32. The third kappa shape index (κ3) is 1.33. The number of rotatable bonds is 0. The summed E-state index contributed by atoms with van der Waals surface area (Å²) in [4.78, 5) is 0. The molecule has 2 aliphatic rings. The fraction of sp³-hybridized carbons (Fsp3) is 0.778. The SMILES string of the molecule is C=C1COC2(CCCC2)OC1. The van der Waals surface area contributed by atoms with Gasteiger partial charge in [0.1, 0.15) is 0 Å². The Morgan fingerprint density at radius 2 is 1.64 bits per heavy atom. The summed E-state index contributed by atoms with van der Waals surface area (Å²) in [5.41, 5.74) is 1.06. The molecule has 0 unspecified atom stereocenters. The molecular formula is C9H14O2. The van der Waals surface area contributed by atoms with Gasteiger partial charge in [-0.25, -0.2) is 0 Å². The normalized spacial score (nSPS) is 29.6. The maximum atomic E-state index is 5.62. The second-order valence-corrected chi connectivity index (χ2v) is 3.45. The molecule has 11 heavy (non-hydrogen) atoms. The highest BCUT2D eigenvalue weighted by Crippen LogP contribution is 2.36. The Kier molecular flexibility index (Phi) is 1.74. The van der Waals surface area contributed by atoms with Gasteiger partial charge in [-0.2, -0.15) is 0 Å². The third-order valence-corrected chi connectivity index (χ3v) is 2.44. The van der Waals surface area contributed by atoms with Crippen LogP contribution in [0, 0.1) is 0 Å². The van der Waals surface area contributed by atoms with Gasteiger partial charge in [-0.3, -0.25) is 0 Å². The van der Waals surface area contributed by atoms with Crippen molar-refractivity contribution in [3.8, 4) is 0 Å². The van der Waals surface area contributed by atoms with Crippen LogP contribution in [0.25, 0.3) is 0 Å². The van der Waals surface area contributed by atoms with Crippen LogP contribution in [0.1, 0.15) is 25.7 Å². The summed E-state index contributed by atoms with van der Waals surface area (Å²) < 4.78 is 11.2. The quantitative estimate of drug-likeness (QED) is 0.496. The maximum Gasteiger partial charge on any atom is 0.169 e. The standard InChI is InChI=1S/C9H14O2/c1-8-6-10-9(11-7-8)4-2-3-5-9/h1-7H2. The molecular weight excluding hydrogens is 140 g/mol. The van der Waals surface area contributed by atoms with Gasteiger partial charge >= 0.3 is 0 Å². The highest BCUT2D eigenvalue weighted by Gasteiger charge is 2.38. The summed E-state index contributed by atoms with van der Waals surface area (Å²) in [6.45, 7) is 5.21. The van der Waals surface area contributed by atoms with E-state index in [-0.39, 0.29) is 5.79 Å². The molecule has 0 aromatic rings. The molecule has 2 nitrogen and oxygen atoms in total. The van der Waals surface area contributed by atoms with E-state index in [0.29, 0.717) is 13.2 Å². The Labute approximate surface area is 67.2 Å². The Morgan fingerprint density at radius 3 is 2.18 bits per heavy atom. The lowest BCUT2D eigenvalue weighted by molar-refractivity contribution is -0.244. The van der Waals surface area contributed by atoms with Gasteiger partial charge in [0, 0.05) is 12.8 Å². The lowest BCUT2D eigenvalue weighted by Gasteiger charge is -2.34. The largest absolute Gasteiger partial charge is 0.346 e. The number of hydrogen-bond acceptors (Lipinski definition) is 2. The first-order valence-corrected chi connectivity index (χ1v) is 4.25. The Hall–Kier alpha value is -0.340. The molecule has 0 radical (unpaired) electrons. The molecule has 0 bridgehead atoms. The van der Waals surface area contributed by atoms with Gasteiger partial charge in [-0.05, 0) is 18.4 Å². The molecule has 2 fully saturated rings. The van der Waals surface area contributed by atoms with Crippen molar-refractivity contribution >= 4 is 0 Å². The van der Waals surface area contributed by atoms with E-state index in [4.69, 9.17) is 9.47 Å². The van der Waals surface area contributed by atoms with E-state index in [9.17, 15) is 0 Å². The van der Waals surface area contributed by atoms with Gasteiger partial charge in [0.05, 0.1) is 13.2 Å². The molecule has 1 saturated carbocycles. The minimum atomic E-state index is -0.207. The summed E-state index contributed by atoms with van der Waals surface area (Å²) in [6, 6.07) is 0. The van der Waals surface area contributed by atoms with Crippen molar-refractivity contribution in [3.05, 3.63) is 12.2 Å².